The molecule has 134 valence electrons. The first-order chi connectivity index (χ1) is 11.8. The molecule has 0 unspecified atom stereocenters. The third-order valence-electron chi connectivity index (χ3n) is 4.24. The van der Waals surface area contributed by atoms with Crippen LogP contribution in [0.25, 0.3) is 5.69 Å². The van der Waals surface area contributed by atoms with Crippen LogP contribution in [0.1, 0.15) is 28.9 Å². The van der Waals surface area contributed by atoms with Crippen molar-refractivity contribution in [1.29, 1.82) is 0 Å². The summed E-state index contributed by atoms with van der Waals surface area (Å²) in [5.74, 6) is -0.809. The summed E-state index contributed by atoms with van der Waals surface area (Å²) < 4.78 is 41.1. The molecular formula is C16H18F3N5O. The van der Waals surface area contributed by atoms with E-state index < -0.39 is 24.2 Å². The quantitative estimate of drug-likeness (QED) is 0.897. The molecule has 2 aromatic rings. The molecule has 1 aromatic carbocycles. The molecule has 1 amide bonds. The van der Waals surface area contributed by atoms with Gasteiger partial charge in [0.1, 0.15) is 6.04 Å². The van der Waals surface area contributed by atoms with Crippen LogP contribution in [0.3, 0.4) is 0 Å². The molecule has 0 radical (unpaired) electrons. The Bertz CT molecular complexity index is 773. The zero-order valence-electron chi connectivity index (χ0n) is 13.6. The van der Waals surface area contributed by atoms with Gasteiger partial charge in [-0.25, -0.2) is 4.68 Å². The maximum Gasteiger partial charge on any atom is 0.408 e. The predicted octanol–water partition coefficient (Wildman–Crippen LogP) is 2.07. The van der Waals surface area contributed by atoms with Crippen molar-refractivity contribution in [2.24, 2.45) is 5.73 Å². The number of benzene rings is 1. The average molecular weight is 353 g/mol. The van der Waals surface area contributed by atoms with Crippen LogP contribution in [0.4, 0.5) is 13.2 Å². The van der Waals surface area contributed by atoms with Gasteiger partial charge in [-0.05, 0) is 37.5 Å². The number of nitrogens with zero attached hydrogens (tertiary/aromatic N) is 4. The van der Waals surface area contributed by atoms with E-state index in [0.717, 1.165) is 10.5 Å². The summed E-state index contributed by atoms with van der Waals surface area (Å²) in [4.78, 5) is 13.3. The molecule has 0 saturated carbocycles. The van der Waals surface area contributed by atoms with E-state index in [1.807, 2.05) is 25.1 Å². The Morgan fingerprint density at radius 3 is 2.76 bits per heavy atom. The molecule has 25 heavy (non-hydrogen) atoms. The largest absolute Gasteiger partial charge is 0.408 e. The minimum Gasteiger partial charge on any atom is -0.326 e. The highest BCUT2D eigenvalue weighted by Crippen LogP contribution is 2.32. The fourth-order valence-corrected chi connectivity index (χ4v) is 2.97. The summed E-state index contributed by atoms with van der Waals surface area (Å²) in [6.07, 6.45) is -3.14. The number of nitrogens with two attached hydrogens (primary N) is 1. The second-order valence-corrected chi connectivity index (χ2v) is 6.24. The van der Waals surface area contributed by atoms with Crippen molar-refractivity contribution in [2.45, 2.75) is 38.0 Å². The molecule has 0 bridgehead atoms. The molecule has 2 heterocycles. The Kier molecular flexibility index (Phi) is 4.51. The van der Waals surface area contributed by atoms with Crippen LogP contribution in [-0.4, -0.2) is 50.6 Å². The lowest BCUT2D eigenvalue weighted by molar-refractivity contribution is -0.184. The number of amides is 1. The fraction of sp³-hybridized carbons (Fsp3) is 0.438. The lowest BCUT2D eigenvalue weighted by Crippen LogP contribution is -2.56. The Balaban J connectivity index is 1.87. The van der Waals surface area contributed by atoms with Gasteiger partial charge < -0.3 is 10.6 Å². The Hall–Kier alpha value is -2.42. The van der Waals surface area contributed by atoms with Gasteiger partial charge in [0.2, 0.25) is 0 Å². The maximum absolute atomic E-state index is 13.2. The number of rotatable bonds is 2. The molecule has 0 aliphatic carbocycles. The first-order valence-corrected chi connectivity index (χ1v) is 7.88. The van der Waals surface area contributed by atoms with E-state index >= 15 is 0 Å². The van der Waals surface area contributed by atoms with Gasteiger partial charge in [0.05, 0.1) is 11.9 Å². The third-order valence-corrected chi connectivity index (χ3v) is 4.24. The third kappa shape index (κ3) is 3.65. The van der Waals surface area contributed by atoms with Crippen molar-refractivity contribution in [1.82, 2.24) is 19.9 Å². The Morgan fingerprint density at radius 2 is 2.08 bits per heavy atom. The number of hydrogen-bond donors (Lipinski definition) is 1. The van der Waals surface area contributed by atoms with Crippen LogP contribution in [0, 0.1) is 6.92 Å². The van der Waals surface area contributed by atoms with Crippen LogP contribution in [0.5, 0.6) is 0 Å². The lowest BCUT2D eigenvalue weighted by atomic mass is 9.98. The topological polar surface area (TPSA) is 77.0 Å². The molecule has 1 fully saturated rings. The first-order valence-electron chi connectivity index (χ1n) is 7.88. The minimum atomic E-state index is -4.50. The van der Waals surface area contributed by atoms with Crippen molar-refractivity contribution in [3.05, 3.63) is 41.7 Å². The molecule has 0 spiro atoms. The van der Waals surface area contributed by atoms with Crippen molar-refractivity contribution < 1.29 is 18.0 Å². The summed E-state index contributed by atoms with van der Waals surface area (Å²) in [6.45, 7) is 1.75. The van der Waals surface area contributed by atoms with E-state index in [9.17, 15) is 18.0 Å². The normalized spacial score (nSPS) is 21.4. The zero-order valence-corrected chi connectivity index (χ0v) is 13.6. The van der Waals surface area contributed by atoms with Crippen molar-refractivity contribution in [3.8, 4) is 5.69 Å². The number of alkyl halides is 3. The minimum absolute atomic E-state index is 0.134. The second-order valence-electron chi connectivity index (χ2n) is 6.24. The molecule has 2 atom stereocenters. The van der Waals surface area contributed by atoms with Gasteiger partial charge in [-0.15, -0.1) is 5.10 Å². The number of hydrogen-bond acceptors (Lipinski definition) is 4. The van der Waals surface area contributed by atoms with Gasteiger partial charge in [-0.1, -0.05) is 17.3 Å². The Labute approximate surface area is 142 Å². The summed E-state index contributed by atoms with van der Waals surface area (Å²) in [5.41, 5.74) is 7.28. The molecule has 1 aromatic heterocycles. The number of carbonyl (C=O) groups excluding carboxylic acids is 1. The van der Waals surface area contributed by atoms with E-state index in [1.165, 1.54) is 10.9 Å². The van der Waals surface area contributed by atoms with Crippen molar-refractivity contribution in [3.63, 3.8) is 0 Å². The number of halogens is 3. The lowest BCUT2D eigenvalue weighted by Gasteiger charge is -2.38. The molecule has 9 heteroatoms. The highest BCUT2D eigenvalue weighted by atomic mass is 19.4. The van der Waals surface area contributed by atoms with Crippen LogP contribution in [-0.2, 0) is 0 Å². The van der Waals surface area contributed by atoms with E-state index in [4.69, 9.17) is 5.73 Å². The molecular weight excluding hydrogens is 335 g/mol. The molecule has 3 rings (SSSR count). The van der Waals surface area contributed by atoms with Crippen molar-refractivity contribution >= 4 is 5.91 Å². The predicted molar refractivity (Wildman–Crippen MR) is 84.2 cm³/mol. The van der Waals surface area contributed by atoms with Gasteiger partial charge in [0.15, 0.2) is 5.69 Å². The fourth-order valence-electron chi connectivity index (χ4n) is 2.97. The Morgan fingerprint density at radius 1 is 1.32 bits per heavy atom. The zero-order chi connectivity index (χ0) is 18.2. The number of carbonyl (C=O) groups is 1. The second kappa shape index (κ2) is 6.47. The van der Waals surface area contributed by atoms with Gasteiger partial charge in [0.25, 0.3) is 5.91 Å². The number of piperidine rings is 1. The monoisotopic (exact) mass is 353 g/mol. The summed E-state index contributed by atoms with van der Waals surface area (Å²) in [6, 6.07) is 4.99. The van der Waals surface area contributed by atoms with Gasteiger partial charge in [0, 0.05) is 12.6 Å². The first kappa shape index (κ1) is 17.4. The number of likely N-dealkylation sites (tertiary alicyclic amines) is 1. The van der Waals surface area contributed by atoms with Crippen LogP contribution in [0.2, 0.25) is 0 Å². The van der Waals surface area contributed by atoms with Gasteiger partial charge in [-0.2, -0.15) is 13.2 Å². The molecule has 1 aliphatic rings. The van der Waals surface area contributed by atoms with Gasteiger partial charge in [-0.3, -0.25) is 4.79 Å². The van der Waals surface area contributed by atoms with E-state index in [2.05, 4.69) is 10.3 Å². The molecule has 1 aliphatic heterocycles. The standard InChI is InChI=1S/C16H18F3N5O/c1-10-3-2-4-12(7-10)24-9-13(21-22-24)15(25)23-8-11(20)5-6-14(23)16(17,18)19/h2-4,7,9,11,14H,5-6,8,20H2,1H3/t11-,14+/m0/s1. The number of aryl methyl sites for hydroxylation is 1. The summed E-state index contributed by atoms with van der Waals surface area (Å²) in [7, 11) is 0. The van der Waals surface area contributed by atoms with Crippen LogP contribution in [0.15, 0.2) is 30.5 Å². The molecule has 6 nitrogen and oxygen atoms in total. The van der Waals surface area contributed by atoms with Crippen molar-refractivity contribution in [2.75, 3.05) is 6.54 Å². The van der Waals surface area contributed by atoms with E-state index in [-0.39, 0.29) is 25.1 Å². The van der Waals surface area contributed by atoms with E-state index in [0.29, 0.717) is 5.69 Å². The molecule has 2 N–H and O–H groups in total. The maximum atomic E-state index is 13.2. The smallest absolute Gasteiger partial charge is 0.326 e. The average Bonchev–Trinajstić information content (AvgIpc) is 3.03. The highest BCUT2D eigenvalue weighted by Gasteiger charge is 2.48. The van der Waals surface area contributed by atoms with Crippen LogP contribution >= 0.6 is 0 Å². The van der Waals surface area contributed by atoms with E-state index in [1.54, 1.807) is 6.07 Å². The molecule has 1 saturated heterocycles. The van der Waals surface area contributed by atoms with Crippen LogP contribution < -0.4 is 5.73 Å². The summed E-state index contributed by atoms with van der Waals surface area (Å²) >= 11 is 0. The SMILES string of the molecule is Cc1cccc(-n2cc(C(=O)N3C[C@@H](N)CC[C@@H]3C(F)(F)F)nn2)c1. The summed E-state index contributed by atoms with van der Waals surface area (Å²) in [5, 5.41) is 7.61. The van der Waals surface area contributed by atoms with Gasteiger partial charge >= 0.3 is 6.18 Å². The number of aromatic nitrogens is 3. The highest BCUT2D eigenvalue weighted by molar-refractivity contribution is 5.92.